The van der Waals surface area contributed by atoms with Gasteiger partial charge in [0.15, 0.2) is 0 Å². The number of benzene rings is 1. The Bertz CT molecular complexity index is 327. The molecule has 1 aromatic rings. The van der Waals surface area contributed by atoms with E-state index in [1.807, 2.05) is 32.9 Å². The average Bonchev–Trinajstić information content (AvgIpc) is 2.03. The molecule has 0 bridgehead atoms. The summed E-state index contributed by atoms with van der Waals surface area (Å²) in [5, 5.41) is 8.91. The molecule has 0 radical (unpaired) electrons. The monoisotopic (exact) mass is 178 g/mol. The predicted octanol–water partition coefficient (Wildman–Crippen LogP) is 2.82. The quantitative estimate of drug-likeness (QED) is 0.756. The predicted molar refractivity (Wildman–Crippen MR) is 52.2 cm³/mol. The van der Waals surface area contributed by atoms with Crippen LogP contribution in [0.15, 0.2) is 18.2 Å². The van der Waals surface area contributed by atoms with Gasteiger partial charge in [-0.05, 0) is 24.5 Å². The van der Waals surface area contributed by atoms with E-state index in [2.05, 4.69) is 0 Å². The minimum atomic E-state index is -0.844. The molecule has 0 saturated carbocycles. The third-order valence-electron chi connectivity index (χ3n) is 2.06. The van der Waals surface area contributed by atoms with E-state index in [1.165, 1.54) is 0 Å². The third kappa shape index (κ3) is 2.08. The zero-order valence-electron chi connectivity index (χ0n) is 8.16. The van der Waals surface area contributed by atoms with Gasteiger partial charge < -0.3 is 5.11 Å². The Kier molecular flexibility index (Phi) is 2.71. The van der Waals surface area contributed by atoms with Gasteiger partial charge in [-0.15, -0.1) is 0 Å². The highest BCUT2D eigenvalue weighted by molar-refractivity contribution is 5.89. The van der Waals surface area contributed by atoms with Crippen LogP contribution in [0.1, 0.15) is 41.3 Å². The number of rotatable bonds is 2. The fourth-order valence-electron chi connectivity index (χ4n) is 1.35. The molecule has 0 heterocycles. The molecule has 0 unspecified atom stereocenters. The maximum Gasteiger partial charge on any atom is 0.335 e. The first-order valence-electron chi connectivity index (χ1n) is 4.36. The van der Waals surface area contributed by atoms with Gasteiger partial charge in [-0.2, -0.15) is 0 Å². The summed E-state index contributed by atoms with van der Waals surface area (Å²) in [4.78, 5) is 10.8. The van der Waals surface area contributed by atoms with Crippen molar-refractivity contribution in [1.29, 1.82) is 0 Å². The van der Waals surface area contributed by atoms with Crippen LogP contribution in [-0.4, -0.2) is 11.1 Å². The fraction of sp³-hybridized carbons (Fsp3) is 0.364. The number of hydrogen-bond donors (Lipinski definition) is 1. The van der Waals surface area contributed by atoms with Crippen molar-refractivity contribution >= 4 is 5.97 Å². The van der Waals surface area contributed by atoms with Gasteiger partial charge >= 0.3 is 5.97 Å². The molecule has 0 atom stereocenters. The maximum absolute atomic E-state index is 10.8. The first-order chi connectivity index (χ1) is 6.02. The molecule has 0 fully saturated rings. The summed E-state index contributed by atoms with van der Waals surface area (Å²) in [5.41, 5.74) is 2.43. The number of aryl methyl sites for hydroxylation is 1. The lowest BCUT2D eigenvalue weighted by Crippen LogP contribution is -2.03. The Balaban J connectivity index is 3.26. The maximum atomic E-state index is 10.8. The molecular weight excluding hydrogens is 164 g/mol. The van der Waals surface area contributed by atoms with E-state index >= 15 is 0 Å². The van der Waals surface area contributed by atoms with Crippen molar-refractivity contribution in [2.75, 3.05) is 0 Å². The van der Waals surface area contributed by atoms with Crippen LogP contribution in [0.5, 0.6) is 0 Å². The van der Waals surface area contributed by atoms with Crippen LogP contribution in [0.4, 0.5) is 0 Å². The van der Waals surface area contributed by atoms with Crippen molar-refractivity contribution in [2.45, 2.75) is 26.7 Å². The smallest absolute Gasteiger partial charge is 0.335 e. The Labute approximate surface area is 78.2 Å². The van der Waals surface area contributed by atoms with E-state index < -0.39 is 5.97 Å². The van der Waals surface area contributed by atoms with Crippen LogP contribution in [0.3, 0.4) is 0 Å². The molecule has 0 aliphatic rings. The van der Waals surface area contributed by atoms with Gasteiger partial charge in [-0.1, -0.05) is 31.5 Å². The van der Waals surface area contributed by atoms with Gasteiger partial charge in [0.25, 0.3) is 0 Å². The molecule has 2 nitrogen and oxygen atoms in total. The number of hydrogen-bond acceptors (Lipinski definition) is 1. The van der Waals surface area contributed by atoms with Gasteiger partial charge in [-0.3, -0.25) is 0 Å². The van der Waals surface area contributed by atoms with E-state index in [1.54, 1.807) is 6.07 Å². The molecule has 2 heteroatoms. The van der Waals surface area contributed by atoms with Crippen LogP contribution in [0, 0.1) is 6.92 Å². The molecule has 0 saturated heterocycles. The number of aromatic carboxylic acids is 1. The second-order valence-corrected chi connectivity index (χ2v) is 3.55. The van der Waals surface area contributed by atoms with Crippen molar-refractivity contribution in [3.63, 3.8) is 0 Å². The molecule has 1 rings (SSSR count). The van der Waals surface area contributed by atoms with Crippen molar-refractivity contribution < 1.29 is 9.90 Å². The number of carboxylic acids is 1. The zero-order valence-corrected chi connectivity index (χ0v) is 8.16. The van der Waals surface area contributed by atoms with Gasteiger partial charge in [0, 0.05) is 0 Å². The van der Waals surface area contributed by atoms with E-state index in [0.717, 1.165) is 11.1 Å². The summed E-state index contributed by atoms with van der Waals surface area (Å²) in [6.45, 7) is 5.97. The first kappa shape index (κ1) is 9.78. The van der Waals surface area contributed by atoms with E-state index in [0.29, 0.717) is 5.56 Å². The Hall–Kier alpha value is -1.31. The topological polar surface area (TPSA) is 37.3 Å². The average molecular weight is 178 g/mol. The molecule has 1 aromatic carbocycles. The highest BCUT2D eigenvalue weighted by atomic mass is 16.4. The van der Waals surface area contributed by atoms with Crippen LogP contribution in [-0.2, 0) is 0 Å². The second-order valence-electron chi connectivity index (χ2n) is 3.55. The van der Waals surface area contributed by atoms with E-state index in [-0.39, 0.29) is 5.92 Å². The standard InChI is InChI=1S/C11H14O2/c1-7(2)10-6-8(3)4-5-9(10)11(12)13/h4-7H,1-3H3,(H,12,13). The van der Waals surface area contributed by atoms with Crippen LogP contribution >= 0.6 is 0 Å². The molecule has 0 spiro atoms. The highest BCUT2D eigenvalue weighted by Gasteiger charge is 2.11. The molecule has 13 heavy (non-hydrogen) atoms. The van der Waals surface area contributed by atoms with Crippen molar-refractivity contribution in [3.8, 4) is 0 Å². The van der Waals surface area contributed by atoms with Crippen molar-refractivity contribution in [2.24, 2.45) is 0 Å². The number of carboxylic acid groups (broad SMARTS) is 1. The molecule has 1 N–H and O–H groups in total. The van der Waals surface area contributed by atoms with Gasteiger partial charge in [-0.25, -0.2) is 4.79 Å². The molecule has 0 amide bonds. The lowest BCUT2D eigenvalue weighted by atomic mass is 9.95. The summed E-state index contributed by atoms with van der Waals surface area (Å²) >= 11 is 0. The first-order valence-corrected chi connectivity index (χ1v) is 4.36. The third-order valence-corrected chi connectivity index (χ3v) is 2.06. The lowest BCUT2D eigenvalue weighted by molar-refractivity contribution is 0.0695. The van der Waals surface area contributed by atoms with E-state index in [9.17, 15) is 4.79 Å². The van der Waals surface area contributed by atoms with Crippen molar-refractivity contribution in [3.05, 3.63) is 34.9 Å². The highest BCUT2D eigenvalue weighted by Crippen LogP contribution is 2.20. The van der Waals surface area contributed by atoms with Crippen molar-refractivity contribution in [1.82, 2.24) is 0 Å². The minimum Gasteiger partial charge on any atom is -0.478 e. The van der Waals surface area contributed by atoms with Gasteiger partial charge in [0.1, 0.15) is 0 Å². The molecule has 0 aliphatic heterocycles. The summed E-state index contributed by atoms with van der Waals surface area (Å²) < 4.78 is 0. The second kappa shape index (κ2) is 3.60. The fourth-order valence-corrected chi connectivity index (χ4v) is 1.35. The summed E-state index contributed by atoms with van der Waals surface area (Å²) in [7, 11) is 0. The molecule has 70 valence electrons. The Morgan fingerprint density at radius 2 is 2.00 bits per heavy atom. The summed E-state index contributed by atoms with van der Waals surface area (Å²) in [6.07, 6.45) is 0. The van der Waals surface area contributed by atoms with Gasteiger partial charge in [0.2, 0.25) is 0 Å². The Morgan fingerprint density at radius 1 is 1.38 bits per heavy atom. The van der Waals surface area contributed by atoms with Crippen LogP contribution in [0.2, 0.25) is 0 Å². The Morgan fingerprint density at radius 3 is 2.46 bits per heavy atom. The van der Waals surface area contributed by atoms with E-state index in [4.69, 9.17) is 5.11 Å². The summed E-state index contributed by atoms with van der Waals surface area (Å²) in [5.74, 6) is -0.588. The van der Waals surface area contributed by atoms with Gasteiger partial charge in [0.05, 0.1) is 5.56 Å². The molecule has 0 aromatic heterocycles. The van der Waals surface area contributed by atoms with Crippen LogP contribution < -0.4 is 0 Å². The lowest BCUT2D eigenvalue weighted by Gasteiger charge is -2.10. The van der Waals surface area contributed by atoms with Crippen LogP contribution in [0.25, 0.3) is 0 Å². The SMILES string of the molecule is Cc1ccc(C(=O)O)c(C(C)C)c1. The minimum absolute atomic E-state index is 0.256. The normalized spacial score (nSPS) is 10.5. The largest absolute Gasteiger partial charge is 0.478 e. The zero-order chi connectivity index (χ0) is 10.0. The number of carbonyl (C=O) groups is 1. The summed E-state index contributed by atoms with van der Waals surface area (Å²) in [6, 6.07) is 5.44. The molecule has 0 aliphatic carbocycles. The molecular formula is C11H14O2.